The molecule has 0 nitrogen and oxygen atoms in total. The van der Waals surface area contributed by atoms with Crippen LogP contribution < -0.4 is 0 Å². The lowest BCUT2D eigenvalue weighted by molar-refractivity contribution is 1.68. The number of hydrogen-bond acceptors (Lipinski definition) is 0. The van der Waals surface area contributed by atoms with Crippen LogP contribution in [0.25, 0.3) is 97.7 Å². The second-order valence-electron chi connectivity index (χ2n) is 12.5. The zero-order valence-electron chi connectivity index (χ0n) is 25.2. The molecule has 0 heteroatoms. The van der Waals surface area contributed by atoms with Gasteiger partial charge in [-0.1, -0.05) is 146 Å². The third-order valence-corrected chi connectivity index (χ3v) is 9.99. The molecule has 0 aliphatic heterocycles. The van der Waals surface area contributed by atoms with E-state index in [9.17, 15) is 0 Å². The third-order valence-electron chi connectivity index (χ3n) is 9.99. The SMILES string of the molecule is c1ccc2c(c1)cc(-c1ccc3c(ccc4cc(-c5ccc6c7ccccc7c7ccccc7c6c5)ccc43)c1)c1ccccc12. The highest BCUT2D eigenvalue weighted by Gasteiger charge is 2.12. The zero-order chi connectivity index (χ0) is 30.2. The van der Waals surface area contributed by atoms with E-state index in [0.29, 0.717) is 0 Å². The van der Waals surface area contributed by atoms with Crippen LogP contribution in [0.1, 0.15) is 0 Å². The zero-order valence-corrected chi connectivity index (χ0v) is 25.2. The van der Waals surface area contributed by atoms with Crippen molar-refractivity contribution in [3.8, 4) is 22.3 Å². The largest absolute Gasteiger partial charge is 0.0616 e. The number of benzene rings is 10. The summed E-state index contributed by atoms with van der Waals surface area (Å²) in [5.74, 6) is 0. The Morgan fingerprint density at radius 3 is 1.20 bits per heavy atom. The summed E-state index contributed by atoms with van der Waals surface area (Å²) in [4.78, 5) is 0. The van der Waals surface area contributed by atoms with Crippen LogP contribution in [0.3, 0.4) is 0 Å². The van der Waals surface area contributed by atoms with Crippen molar-refractivity contribution in [1.82, 2.24) is 0 Å². The fourth-order valence-corrected chi connectivity index (χ4v) is 7.80. The van der Waals surface area contributed by atoms with Gasteiger partial charge in [-0.2, -0.15) is 0 Å². The molecule has 0 aliphatic rings. The Morgan fingerprint density at radius 1 is 0.196 bits per heavy atom. The second kappa shape index (κ2) is 9.76. The van der Waals surface area contributed by atoms with E-state index in [1.54, 1.807) is 0 Å². The standard InChI is InChI=1S/C46H28/c1-2-10-35-31(9-1)28-45(42-15-7-3-11-38(35)42)34-21-23-37-33(26-34)18-17-32-25-29(19-22-36(32)37)30-20-24-44-41-14-5-4-12-39(41)40-13-6-8-16-43(40)46(44)27-30/h1-28H. The summed E-state index contributed by atoms with van der Waals surface area (Å²) in [7, 11) is 0. The molecular weight excluding hydrogens is 553 g/mol. The van der Waals surface area contributed by atoms with Crippen molar-refractivity contribution in [3.05, 3.63) is 170 Å². The summed E-state index contributed by atoms with van der Waals surface area (Å²) >= 11 is 0. The topological polar surface area (TPSA) is 0 Å². The van der Waals surface area contributed by atoms with Gasteiger partial charge in [0.15, 0.2) is 0 Å². The van der Waals surface area contributed by atoms with Gasteiger partial charge < -0.3 is 0 Å². The van der Waals surface area contributed by atoms with Gasteiger partial charge in [-0.3, -0.25) is 0 Å². The Balaban J connectivity index is 1.11. The summed E-state index contributed by atoms with van der Waals surface area (Å²) in [6, 6.07) is 62.9. The second-order valence-corrected chi connectivity index (χ2v) is 12.5. The van der Waals surface area contributed by atoms with Gasteiger partial charge in [-0.15, -0.1) is 0 Å². The first-order valence-electron chi connectivity index (χ1n) is 16.0. The molecule has 0 saturated carbocycles. The molecule has 0 spiro atoms. The van der Waals surface area contributed by atoms with Crippen molar-refractivity contribution in [1.29, 1.82) is 0 Å². The lowest BCUT2D eigenvalue weighted by Crippen LogP contribution is -1.87. The maximum atomic E-state index is 2.38. The first-order chi connectivity index (χ1) is 22.8. The monoisotopic (exact) mass is 580 g/mol. The van der Waals surface area contributed by atoms with Crippen molar-refractivity contribution in [3.63, 3.8) is 0 Å². The number of hydrogen-bond donors (Lipinski definition) is 0. The van der Waals surface area contributed by atoms with Gasteiger partial charge in [0.25, 0.3) is 0 Å². The lowest BCUT2D eigenvalue weighted by atomic mass is 9.90. The van der Waals surface area contributed by atoms with E-state index in [-0.39, 0.29) is 0 Å². The third kappa shape index (κ3) is 3.74. The minimum atomic E-state index is 1.24. The van der Waals surface area contributed by atoms with E-state index in [1.165, 1.54) is 97.7 Å². The maximum absolute atomic E-state index is 2.38. The normalized spacial score (nSPS) is 11.9. The Labute approximate surface area is 266 Å². The maximum Gasteiger partial charge on any atom is -0.00928 e. The smallest absolute Gasteiger partial charge is 0.00928 e. The summed E-state index contributed by atoms with van der Waals surface area (Å²) in [5, 5.41) is 18.1. The number of fused-ring (bicyclic) bond motifs is 12. The molecule has 10 rings (SSSR count). The van der Waals surface area contributed by atoms with Crippen molar-refractivity contribution in [2.45, 2.75) is 0 Å². The van der Waals surface area contributed by atoms with Crippen molar-refractivity contribution in [2.75, 3.05) is 0 Å². The summed E-state index contributed by atoms with van der Waals surface area (Å²) < 4.78 is 0. The molecule has 10 aromatic carbocycles. The van der Waals surface area contributed by atoms with E-state index in [0.717, 1.165) is 0 Å². The van der Waals surface area contributed by atoms with E-state index < -0.39 is 0 Å². The van der Waals surface area contributed by atoms with Gasteiger partial charge in [-0.05, 0) is 122 Å². The molecule has 0 N–H and O–H groups in total. The number of rotatable bonds is 2. The Kier molecular flexibility index (Phi) is 5.38. The van der Waals surface area contributed by atoms with Gasteiger partial charge in [0, 0.05) is 0 Å². The first-order valence-corrected chi connectivity index (χ1v) is 16.0. The Bertz CT molecular complexity index is 2820. The average Bonchev–Trinajstić information content (AvgIpc) is 3.14. The van der Waals surface area contributed by atoms with Gasteiger partial charge in [-0.25, -0.2) is 0 Å². The van der Waals surface area contributed by atoms with Crippen molar-refractivity contribution >= 4 is 75.4 Å². The van der Waals surface area contributed by atoms with Crippen LogP contribution in [0.2, 0.25) is 0 Å². The van der Waals surface area contributed by atoms with Crippen LogP contribution in [0.5, 0.6) is 0 Å². The molecule has 0 amide bonds. The van der Waals surface area contributed by atoms with Gasteiger partial charge in [0.05, 0.1) is 0 Å². The molecule has 0 aromatic heterocycles. The van der Waals surface area contributed by atoms with E-state index in [1.807, 2.05) is 0 Å². The average molecular weight is 581 g/mol. The van der Waals surface area contributed by atoms with Crippen molar-refractivity contribution < 1.29 is 0 Å². The molecule has 0 bridgehead atoms. The van der Waals surface area contributed by atoms with Crippen LogP contribution in [0.15, 0.2) is 170 Å². The molecule has 10 aromatic rings. The van der Waals surface area contributed by atoms with Crippen LogP contribution in [-0.4, -0.2) is 0 Å². The predicted octanol–water partition coefficient (Wildman–Crippen LogP) is 13.1. The van der Waals surface area contributed by atoms with E-state index in [2.05, 4.69) is 170 Å². The molecule has 0 unspecified atom stereocenters. The molecule has 0 saturated heterocycles. The molecule has 0 aliphatic carbocycles. The fraction of sp³-hybridized carbons (Fsp3) is 0. The summed E-state index contributed by atoms with van der Waals surface area (Å²) in [6.07, 6.45) is 0. The molecular formula is C46H28. The van der Waals surface area contributed by atoms with E-state index in [4.69, 9.17) is 0 Å². The Morgan fingerprint density at radius 2 is 0.565 bits per heavy atom. The molecule has 212 valence electrons. The van der Waals surface area contributed by atoms with Gasteiger partial charge in [0.2, 0.25) is 0 Å². The quantitative estimate of drug-likeness (QED) is 0.178. The molecule has 0 atom stereocenters. The molecule has 46 heavy (non-hydrogen) atoms. The highest BCUT2D eigenvalue weighted by molar-refractivity contribution is 6.26. The van der Waals surface area contributed by atoms with Crippen LogP contribution in [0.4, 0.5) is 0 Å². The predicted molar refractivity (Wildman–Crippen MR) is 200 cm³/mol. The lowest BCUT2D eigenvalue weighted by Gasteiger charge is -2.13. The Hall–Kier alpha value is -5.98. The van der Waals surface area contributed by atoms with Gasteiger partial charge >= 0.3 is 0 Å². The summed E-state index contributed by atoms with van der Waals surface area (Å²) in [6.45, 7) is 0. The minimum absolute atomic E-state index is 1.24. The van der Waals surface area contributed by atoms with Crippen LogP contribution in [-0.2, 0) is 0 Å². The van der Waals surface area contributed by atoms with E-state index >= 15 is 0 Å². The molecule has 0 fully saturated rings. The molecule has 0 radical (unpaired) electrons. The molecule has 0 heterocycles. The highest BCUT2D eigenvalue weighted by Crippen LogP contribution is 2.40. The first kappa shape index (κ1) is 25.4. The van der Waals surface area contributed by atoms with Crippen molar-refractivity contribution in [2.24, 2.45) is 0 Å². The van der Waals surface area contributed by atoms with Crippen LogP contribution >= 0.6 is 0 Å². The van der Waals surface area contributed by atoms with Gasteiger partial charge in [0.1, 0.15) is 0 Å². The fourth-order valence-electron chi connectivity index (χ4n) is 7.80. The summed E-state index contributed by atoms with van der Waals surface area (Å²) in [5.41, 5.74) is 5.02. The van der Waals surface area contributed by atoms with Crippen LogP contribution in [0, 0.1) is 0 Å². The highest BCUT2D eigenvalue weighted by atomic mass is 14.2. The minimum Gasteiger partial charge on any atom is -0.0616 e.